The minimum Gasteiger partial charge on any atom is -0.355 e. The van der Waals surface area contributed by atoms with E-state index in [4.69, 9.17) is 4.98 Å². The topological polar surface area (TPSA) is 28.2 Å². The first-order chi connectivity index (χ1) is 9.11. The van der Waals surface area contributed by atoms with Crippen LogP contribution in [0.3, 0.4) is 0 Å². The Morgan fingerprint density at radius 3 is 2.20 bits per heavy atom. The van der Waals surface area contributed by atoms with Crippen LogP contribution in [-0.4, -0.2) is 24.6 Å². The lowest BCUT2D eigenvalue weighted by Crippen LogP contribution is -2.41. The van der Waals surface area contributed by atoms with Crippen molar-refractivity contribution in [2.45, 2.75) is 65.5 Å². The van der Waals surface area contributed by atoms with Crippen molar-refractivity contribution in [1.29, 1.82) is 0 Å². The molecule has 0 aliphatic carbocycles. The number of rotatable bonds is 5. The van der Waals surface area contributed by atoms with Crippen LogP contribution in [0.4, 0.5) is 5.82 Å². The fourth-order valence-electron chi connectivity index (χ4n) is 1.98. The monoisotopic (exact) mass is 277 g/mol. The summed E-state index contributed by atoms with van der Waals surface area (Å²) in [6.07, 6.45) is 1.09. The van der Waals surface area contributed by atoms with Gasteiger partial charge in [0.2, 0.25) is 0 Å². The average molecular weight is 277 g/mol. The number of nitrogens with zero attached hydrogens (tertiary/aromatic N) is 2. The summed E-state index contributed by atoms with van der Waals surface area (Å²) in [7, 11) is 4.12. The van der Waals surface area contributed by atoms with Gasteiger partial charge in [-0.05, 0) is 45.0 Å². The zero-order chi connectivity index (χ0) is 15.6. The van der Waals surface area contributed by atoms with Crippen LogP contribution in [0.5, 0.6) is 0 Å². The molecule has 0 aliphatic heterocycles. The SMILES string of the molecule is CCC(C)(C)N(C)c1cc(CNC)cc(C(C)(C)C)n1. The molecule has 1 rings (SSSR count). The van der Waals surface area contributed by atoms with Crippen molar-refractivity contribution in [3.8, 4) is 0 Å². The first-order valence-electron chi connectivity index (χ1n) is 7.51. The van der Waals surface area contributed by atoms with Crippen LogP contribution in [0.25, 0.3) is 0 Å². The van der Waals surface area contributed by atoms with Crippen LogP contribution in [0.1, 0.15) is 59.2 Å². The third-order valence-corrected chi connectivity index (χ3v) is 4.14. The van der Waals surface area contributed by atoms with E-state index in [9.17, 15) is 0 Å². The van der Waals surface area contributed by atoms with Gasteiger partial charge in [-0.1, -0.05) is 27.7 Å². The van der Waals surface area contributed by atoms with E-state index in [0.29, 0.717) is 0 Å². The first kappa shape index (κ1) is 17.0. The van der Waals surface area contributed by atoms with Crippen molar-refractivity contribution in [2.75, 3.05) is 19.0 Å². The lowest BCUT2D eigenvalue weighted by Gasteiger charge is -2.36. The van der Waals surface area contributed by atoms with Crippen molar-refractivity contribution in [1.82, 2.24) is 10.3 Å². The second-order valence-electron chi connectivity index (χ2n) is 7.22. The summed E-state index contributed by atoms with van der Waals surface area (Å²) < 4.78 is 0. The molecule has 3 heteroatoms. The highest BCUT2D eigenvalue weighted by Crippen LogP contribution is 2.28. The van der Waals surface area contributed by atoms with Gasteiger partial charge in [0.25, 0.3) is 0 Å². The van der Waals surface area contributed by atoms with E-state index < -0.39 is 0 Å². The van der Waals surface area contributed by atoms with Crippen LogP contribution in [0.2, 0.25) is 0 Å². The number of anilines is 1. The highest BCUT2D eigenvalue weighted by molar-refractivity contribution is 5.45. The molecule has 0 fully saturated rings. The standard InChI is InChI=1S/C17H31N3/c1-9-17(5,6)20(8)15-11-13(12-18-7)10-14(19-15)16(2,3)4/h10-11,18H,9,12H2,1-8H3. The summed E-state index contributed by atoms with van der Waals surface area (Å²) in [6.45, 7) is 14.3. The van der Waals surface area contributed by atoms with Gasteiger partial charge in [0.15, 0.2) is 0 Å². The van der Waals surface area contributed by atoms with Gasteiger partial charge >= 0.3 is 0 Å². The van der Waals surface area contributed by atoms with E-state index in [0.717, 1.165) is 24.5 Å². The molecule has 0 radical (unpaired) electrons. The summed E-state index contributed by atoms with van der Waals surface area (Å²) in [4.78, 5) is 7.19. The Labute approximate surface area is 124 Å². The van der Waals surface area contributed by atoms with Gasteiger partial charge in [0, 0.05) is 30.2 Å². The maximum Gasteiger partial charge on any atom is 0.129 e. The minimum absolute atomic E-state index is 0.0652. The molecule has 1 aromatic rings. The predicted molar refractivity (Wildman–Crippen MR) is 88.5 cm³/mol. The smallest absolute Gasteiger partial charge is 0.129 e. The lowest BCUT2D eigenvalue weighted by molar-refractivity contribution is 0.464. The van der Waals surface area contributed by atoms with Crippen molar-refractivity contribution < 1.29 is 0 Å². The van der Waals surface area contributed by atoms with Crippen molar-refractivity contribution in [3.63, 3.8) is 0 Å². The van der Waals surface area contributed by atoms with Crippen molar-refractivity contribution >= 4 is 5.82 Å². The summed E-state index contributed by atoms with van der Waals surface area (Å²) in [6, 6.07) is 4.41. The van der Waals surface area contributed by atoms with Crippen molar-refractivity contribution in [3.05, 3.63) is 23.4 Å². The number of aromatic nitrogens is 1. The van der Waals surface area contributed by atoms with Crippen LogP contribution in [0.15, 0.2) is 12.1 Å². The zero-order valence-electron chi connectivity index (χ0n) is 14.5. The molecule has 20 heavy (non-hydrogen) atoms. The third-order valence-electron chi connectivity index (χ3n) is 4.14. The largest absolute Gasteiger partial charge is 0.355 e. The maximum absolute atomic E-state index is 4.90. The van der Waals surface area contributed by atoms with Gasteiger partial charge in [-0.2, -0.15) is 0 Å². The first-order valence-corrected chi connectivity index (χ1v) is 7.51. The minimum atomic E-state index is 0.0652. The highest BCUT2D eigenvalue weighted by atomic mass is 15.2. The predicted octanol–water partition coefficient (Wildman–Crippen LogP) is 3.72. The van der Waals surface area contributed by atoms with Gasteiger partial charge in [0.05, 0.1) is 0 Å². The number of nitrogens with one attached hydrogen (secondary N) is 1. The molecule has 0 saturated carbocycles. The Kier molecular flexibility index (Phi) is 5.20. The molecule has 0 spiro atoms. The second-order valence-corrected chi connectivity index (χ2v) is 7.22. The second kappa shape index (κ2) is 6.13. The van der Waals surface area contributed by atoms with Gasteiger partial charge in [-0.3, -0.25) is 0 Å². The number of hydrogen-bond donors (Lipinski definition) is 1. The Bertz CT molecular complexity index is 444. The quantitative estimate of drug-likeness (QED) is 0.889. The average Bonchev–Trinajstić information content (AvgIpc) is 2.36. The molecule has 0 saturated heterocycles. The van der Waals surface area contributed by atoms with Crippen LogP contribution < -0.4 is 10.2 Å². The molecular formula is C17H31N3. The van der Waals surface area contributed by atoms with E-state index >= 15 is 0 Å². The molecule has 1 aromatic heterocycles. The third kappa shape index (κ3) is 3.95. The zero-order valence-corrected chi connectivity index (χ0v) is 14.5. The van der Waals surface area contributed by atoms with Crippen LogP contribution >= 0.6 is 0 Å². The van der Waals surface area contributed by atoms with Gasteiger partial charge in [-0.25, -0.2) is 4.98 Å². The molecule has 0 amide bonds. The Hall–Kier alpha value is -1.09. The number of pyridine rings is 1. The Balaban J connectivity index is 3.28. The number of hydrogen-bond acceptors (Lipinski definition) is 3. The summed E-state index contributed by atoms with van der Waals surface area (Å²) >= 11 is 0. The van der Waals surface area contributed by atoms with Gasteiger partial charge in [0.1, 0.15) is 5.82 Å². The van der Waals surface area contributed by atoms with E-state index in [1.54, 1.807) is 0 Å². The molecule has 0 unspecified atom stereocenters. The molecule has 0 aliphatic rings. The van der Waals surface area contributed by atoms with E-state index in [-0.39, 0.29) is 11.0 Å². The molecule has 3 nitrogen and oxygen atoms in total. The molecule has 0 atom stereocenters. The van der Waals surface area contributed by atoms with E-state index in [1.165, 1.54) is 5.56 Å². The summed E-state index contributed by atoms with van der Waals surface area (Å²) in [5.74, 6) is 1.06. The summed E-state index contributed by atoms with van der Waals surface area (Å²) in [5, 5.41) is 3.24. The summed E-state index contributed by atoms with van der Waals surface area (Å²) in [5.41, 5.74) is 2.62. The molecular weight excluding hydrogens is 246 g/mol. The molecule has 114 valence electrons. The molecule has 0 aromatic carbocycles. The Morgan fingerprint density at radius 1 is 1.15 bits per heavy atom. The normalized spacial score (nSPS) is 12.6. The molecule has 0 bridgehead atoms. The maximum atomic E-state index is 4.90. The highest BCUT2D eigenvalue weighted by Gasteiger charge is 2.24. The lowest BCUT2D eigenvalue weighted by atomic mass is 9.90. The van der Waals surface area contributed by atoms with E-state index in [1.807, 2.05) is 7.05 Å². The molecule has 1 N–H and O–H groups in total. The fraction of sp³-hybridized carbons (Fsp3) is 0.706. The molecule has 1 heterocycles. The van der Waals surface area contributed by atoms with Crippen LogP contribution in [-0.2, 0) is 12.0 Å². The fourth-order valence-corrected chi connectivity index (χ4v) is 1.98. The Morgan fingerprint density at radius 2 is 1.75 bits per heavy atom. The van der Waals surface area contributed by atoms with E-state index in [2.05, 4.69) is 70.9 Å². The van der Waals surface area contributed by atoms with Crippen molar-refractivity contribution in [2.24, 2.45) is 0 Å². The van der Waals surface area contributed by atoms with Gasteiger partial charge < -0.3 is 10.2 Å². The van der Waals surface area contributed by atoms with Gasteiger partial charge in [-0.15, -0.1) is 0 Å². The van der Waals surface area contributed by atoms with Crippen LogP contribution in [0, 0.1) is 0 Å².